The summed E-state index contributed by atoms with van der Waals surface area (Å²) in [5.41, 5.74) is 1.51. The largest absolute Gasteiger partial charge is 0.478 e. The van der Waals surface area contributed by atoms with E-state index in [9.17, 15) is 9.18 Å². The molecule has 0 heterocycles. The average Bonchev–Trinajstić information content (AvgIpc) is 2.38. The van der Waals surface area contributed by atoms with Crippen LogP contribution in [0.2, 0.25) is 0 Å². The minimum absolute atomic E-state index is 0.0884. The van der Waals surface area contributed by atoms with Crippen LogP contribution in [0.3, 0.4) is 0 Å². The monoisotopic (exact) mass is 246 g/mol. The quantitative estimate of drug-likeness (QED) is 0.875. The molecule has 0 aliphatic carbocycles. The van der Waals surface area contributed by atoms with Crippen molar-refractivity contribution in [1.82, 2.24) is 0 Å². The van der Waals surface area contributed by atoms with Crippen LogP contribution < -0.4 is 0 Å². The molecule has 0 aliphatic rings. The lowest BCUT2D eigenvalue weighted by Crippen LogP contribution is -1.97. The van der Waals surface area contributed by atoms with Crippen LogP contribution in [0.4, 0.5) is 4.39 Å². The molecule has 0 amide bonds. The van der Waals surface area contributed by atoms with Gasteiger partial charge in [0, 0.05) is 5.56 Å². The summed E-state index contributed by atoms with van der Waals surface area (Å²) in [7, 11) is 0. The van der Waals surface area contributed by atoms with Crippen molar-refractivity contribution in [3.8, 4) is 11.1 Å². The standard InChI is InChI=1S/C14H11FO3/c15-13-7-11(14(17)18)4-5-12(13)10-3-1-2-9(6-10)8-16/h1-7,16H,8H2,(H,17,18). The van der Waals surface area contributed by atoms with Gasteiger partial charge in [-0.3, -0.25) is 0 Å². The molecule has 2 rings (SSSR count). The predicted molar refractivity (Wildman–Crippen MR) is 64.7 cm³/mol. The van der Waals surface area contributed by atoms with Crippen LogP contribution in [0, 0.1) is 5.82 Å². The molecule has 0 bridgehead atoms. The van der Waals surface area contributed by atoms with Crippen molar-refractivity contribution >= 4 is 5.97 Å². The molecule has 0 atom stereocenters. The average molecular weight is 246 g/mol. The van der Waals surface area contributed by atoms with Gasteiger partial charge in [0.2, 0.25) is 0 Å². The Morgan fingerprint density at radius 2 is 1.94 bits per heavy atom. The van der Waals surface area contributed by atoms with Crippen molar-refractivity contribution in [2.45, 2.75) is 6.61 Å². The lowest BCUT2D eigenvalue weighted by Gasteiger charge is -2.06. The van der Waals surface area contributed by atoms with E-state index < -0.39 is 11.8 Å². The fraction of sp³-hybridized carbons (Fsp3) is 0.0714. The van der Waals surface area contributed by atoms with Gasteiger partial charge in [-0.15, -0.1) is 0 Å². The fourth-order valence-electron chi connectivity index (χ4n) is 1.72. The van der Waals surface area contributed by atoms with Crippen molar-refractivity contribution in [1.29, 1.82) is 0 Å². The lowest BCUT2D eigenvalue weighted by atomic mass is 10.0. The number of hydrogen-bond donors (Lipinski definition) is 2. The van der Waals surface area contributed by atoms with Gasteiger partial charge in [0.15, 0.2) is 0 Å². The van der Waals surface area contributed by atoms with E-state index in [0.717, 1.165) is 6.07 Å². The van der Waals surface area contributed by atoms with Gasteiger partial charge < -0.3 is 10.2 Å². The summed E-state index contributed by atoms with van der Waals surface area (Å²) in [5.74, 6) is -1.76. The highest BCUT2D eigenvalue weighted by Gasteiger charge is 2.10. The molecule has 0 unspecified atom stereocenters. The molecule has 0 saturated carbocycles. The molecular weight excluding hydrogens is 235 g/mol. The first kappa shape index (κ1) is 12.3. The number of benzene rings is 2. The molecule has 0 saturated heterocycles. The van der Waals surface area contributed by atoms with Crippen molar-refractivity contribution in [2.75, 3.05) is 0 Å². The molecule has 2 N–H and O–H groups in total. The third kappa shape index (κ3) is 2.38. The van der Waals surface area contributed by atoms with Crippen LogP contribution in [-0.2, 0) is 6.61 Å². The van der Waals surface area contributed by atoms with Crippen LogP contribution >= 0.6 is 0 Å². The van der Waals surface area contributed by atoms with E-state index in [1.54, 1.807) is 24.3 Å². The SMILES string of the molecule is O=C(O)c1ccc(-c2cccc(CO)c2)c(F)c1. The smallest absolute Gasteiger partial charge is 0.335 e. The van der Waals surface area contributed by atoms with Crippen molar-refractivity contribution in [3.05, 3.63) is 59.4 Å². The Labute approximate surface area is 103 Å². The Morgan fingerprint density at radius 3 is 2.56 bits per heavy atom. The minimum atomic E-state index is -1.16. The molecule has 18 heavy (non-hydrogen) atoms. The van der Waals surface area contributed by atoms with Gasteiger partial charge in [-0.25, -0.2) is 9.18 Å². The third-order valence-electron chi connectivity index (χ3n) is 2.64. The number of hydrogen-bond acceptors (Lipinski definition) is 2. The van der Waals surface area contributed by atoms with Crippen molar-refractivity contribution in [3.63, 3.8) is 0 Å². The van der Waals surface area contributed by atoms with Crippen molar-refractivity contribution < 1.29 is 19.4 Å². The number of carboxylic acids is 1. The molecule has 2 aromatic rings. The van der Waals surface area contributed by atoms with Crippen LogP contribution in [0.25, 0.3) is 11.1 Å². The van der Waals surface area contributed by atoms with E-state index in [1.807, 2.05) is 0 Å². The van der Waals surface area contributed by atoms with Crippen LogP contribution in [-0.4, -0.2) is 16.2 Å². The van der Waals surface area contributed by atoms with Gasteiger partial charge in [0.05, 0.1) is 12.2 Å². The molecule has 92 valence electrons. The Balaban J connectivity index is 2.47. The molecule has 0 radical (unpaired) electrons. The normalized spacial score (nSPS) is 10.3. The van der Waals surface area contributed by atoms with Gasteiger partial charge in [0.25, 0.3) is 0 Å². The Kier molecular flexibility index (Phi) is 3.39. The predicted octanol–water partition coefficient (Wildman–Crippen LogP) is 2.68. The van der Waals surface area contributed by atoms with E-state index >= 15 is 0 Å². The maximum absolute atomic E-state index is 13.8. The summed E-state index contributed by atoms with van der Waals surface area (Å²) >= 11 is 0. The summed E-state index contributed by atoms with van der Waals surface area (Å²) in [5, 5.41) is 17.8. The number of carbonyl (C=O) groups is 1. The van der Waals surface area contributed by atoms with E-state index in [-0.39, 0.29) is 12.2 Å². The van der Waals surface area contributed by atoms with Crippen LogP contribution in [0.1, 0.15) is 15.9 Å². The highest BCUT2D eigenvalue weighted by atomic mass is 19.1. The highest BCUT2D eigenvalue weighted by Crippen LogP contribution is 2.24. The lowest BCUT2D eigenvalue weighted by molar-refractivity contribution is 0.0696. The second-order valence-electron chi connectivity index (χ2n) is 3.86. The van der Waals surface area contributed by atoms with Crippen LogP contribution in [0.15, 0.2) is 42.5 Å². The maximum atomic E-state index is 13.8. The topological polar surface area (TPSA) is 57.5 Å². The third-order valence-corrected chi connectivity index (χ3v) is 2.64. The Hall–Kier alpha value is -2.20. The molecule has 3 nitrogen and oxygen atoms in total. The zero-order valence-electron chi connectivity index (χ0n) is 9.43. The first-order valence-corrected chi connectivity index (χ1v) is 5.35. The van der Waals surface area contributed by atoms with Gasteiger partial charge in [-0.1, -0.05) is 24.3 Å². The zero-order valence-corrected chi connectivity index (χ0v) is 9.43. The van der Waals surface area contributed by atoms with Crippen molar-refractivity contribution in [2.24, 2.45) is 0 Å². The van der Waals surface area contributed by atoms with Crippen LogP contribution in [0.5, 0.6) is 0 Å². The second kappa shape index (κ2) is 4.98. The van der Waals surface area contributed by atoms with Gasteiger partial charge >= 0.3 is 5.97 Å². The zero-order chi connectivity index (χ0) is 13.1. The minimum Gasteiger partial charge on any atom is -0.478 e. The van der Waals surface area contributed by atoms with Gasteiger partial charge in [-0.05, 0) is 29.3 Å². The fourth-order valence-corrected chi connectivity index (χ4v) is 1.72. The number of aromatic carboxylic acids is 1. The number of rotatable bonds is 3. The molecule has 0 aromatic heterocycles. The number of halogens is 1. The molecule has 4 heteroatoms. The first-order valence-electron chi connectivity index (χ1n) is 5.35. The molecule has 0 spiro atoms. The summed E-state index contributed by atoms with van der Waals surface area (Å²) in [6.07, 6.45) is 0. The van der Waals surface area contributed by atoms with E-state index in [1.165, 1.54) is 12.1 Å². The number of aliphatic hydroxyl groups is 1. The number of aliphatic hydroxyl groups excluding tert-OH is 1. The molecule has 2 aromatic carbocycles. The van der Waals surface area contributed by atoms with E-state index in [4.69, 9.17) is 10.2 Å². The summed E-state index contributed by atoms with van der Waals surface area (Å²) < 4.78 is 13.8. The van der Waals surface area contributed by atoms with E-state index in [0.29, 0.717) is 16.7 Å². The molecular formula is C14H11FO3. The van der Waals surface area contributed by atoms with E-state index in [2.05, 4.69) is 0 Å². The molecule has 0 fully saturated rings. The summed E-state index contributed by atoms with van der Waals surface area (Å²) in [6.45, 7) is -0.122. The Morgan fingerprint density at radius 1 is 1.17 bits per heavy atom. The highest BCUT2D eigenvalue weighted by molar-refractivity contribution is 5.88. The second-order valence-corrected chi connectivity index (χ2v) is 3.86. The maximum Gasteiger partial charge on any atom is 0.335 e. The summed E-state index contributed by atoms with van der Waals surface area (Å²) in [6, 6.07) is 10.6. The summed E-state index contributed by atoms with van der Waals surface area (Å²) in [4.78, 5) is 10.7. The van der Waals surface area contributed by atoms with Gasteiger partial charge in [-0.2, -0.15) is 0 Å². The van der Waals surface area contributed by atoms with Gasteiger partial charge in [0.1, 0.15) is 5.82 Å². The number of carboxylic acid groups (broad SMARTS) is 1. The molecule has 0 aliphatic heterocycles. The Bertz CT molecular complexity index is 593. The first-order chi connectivity index (χ1) is 8.61.